The normalized spacial score (nSPS) is 21.8. The molecule has 0 unspecified atom stereocenters. The summed E-state index contributed by atoms with van der Waals surface area (Å²) in [5.41, 5.74) is 8.35. The Morgan fingerprint density at radius 3 is 2.20 bits per heavy atom. The van der Waals surface area contributed by atoms with Crippen molar-refractivity contribution in [2.75, 3.05) is 16.8 Å². The maximum Gasteiger partial charge on any atom is 0.238 e. The Balaban J connectivity index is 1.06. The Morgan fingerprint density at radius 1 is 0.804 bits per heavy atom. The monoisotopic (exact) mass is 674 g/mol. The zero-order valence-corrected chi connectivity index (χ0v) is 29.0. The average molecular weight is 675 g/mol. The Morgan fingerprint density at radius 2 is 1.47 bits per heavy atom. The minimum Gasteiger partial charge on any atom is -0.507 e. The Hall–Kier alpha value is -5.46. The summed E-state index contributed by atoms with van der Waals surface area (Å²) in [6, 6.07) is 39.6. The largest absolute Gasteiger partial charge is 0.507 e. The molecule has 2 fully saturated rings. The summed E-state index contributed by atoms with van der Waals surface area (Å²) >= 11 is 0. The predicted molar refractivity (Wildman–Crippen MR) is 205 cm³/mol. The van der Waals surface area contributed by atoms with Crippen molar-refractivity contribution in [2.24, 2.45) is 23.7 Å². The second-order valence-electron chi connectivity index (χ2n) is 14.2. The van der Waals surface area contributed by atoms with Crippen LogP contribution in [0.3, 0.4) is 0 Å². The summed E-state index contributed by atoms with van der Waals surface area (Å²) in [5, 5.41) is 15.7. The molecule has 4 atom stereocenters. The van der Waals surface area contributed by atoms with E-state index in [0.29, 0.717) is 18.7 Å². The first kappa shape index (κ1) is 32.7. The quantitative estimate of drug-likeness (QED) is 0.0925. The van der Waals surface area contributed by atoms with E-state index >= 15 is 0 Å². The third kappa shape index (κ3) is 6.14. The SMILES string of the molecule is CC(C)C1=C2[C@@H](CC/C(=C/c3ccc(O)c4ccccc34)c3ccccc3)OC[C@@H]2[C@@H]2C(=O)N(c3ccc(Nc4ccccc4)cc3)C(=O)[C@@H]2C1. The maximum absolute atomic E-state index is 14.2. The van der Waals surface area contributed by atoms with Crippen LogP contribution in [0.15, 0.2) is 132 Å². The minimum atomic E-state index is -0.422. The summed E-state index contributed by atoms with van der Waals surface area (Å²) < 4.78 is 6.60. The van der Waals surface area contributed by atoms with Crippen LogP contribution in [0.1, 0.15) is 44.2 Å². The van der Waals surface area contributed by atoms with E-state index in [0.717, 1.165) is 46.1 Å². The van der Waals surface area contributed by atoms with Gasteiger partial charge in [-0.1, -0.05) is 104 Å². The number of hydrogen-bond donors (Lipinski definition) is 2. The number of amides is 2. The first-order valence-corrected chi connectivity index (χ1v) is 18.0. The van der Waals surface area contributed by atoms with Gasteiger partial charge in [-0.2, -0.15) is 0 Å². The molecule has 256 valence electrons. The molecule has 0 spiro atoms. The highest BCUT2D eigenvalue weighted by Gasteiger charge is 2.57. The molecule has 1 aliphatic carbocycles. The van der Waals surface area contributed by atoms with Gasteiger partial charge in [0.2, 0.25) is 11.8 Å². The van der Waals surface area contributed by atoms with Gasteiger partial charge >= 0.3 is 0 Å². The fraction of sp³-hybridized carbons (Fsp3) is 0.244. The molecule has 0 aromatic heterocycles. The number of hydrogen-bond acceptors (Lipinski definition) is 5. The number of phenolic OH excluding ortho intramolecular Hbond substituents is 1. The number of allylic oxidation sites excluding steroid dienone is 2. The van der Waals surface area contributed by atoms with Crippen LogP contribution >= 0.6 is 0 Å². The molecule has 8 rings (SSSR count). The molecule has 51 heavy (non-hydrogen) atoms. The first-order valence-electron chi connectivity index (χ1n) is 18.0. The summed E-state index contributed by atoms with van der Waals surface area (Å²) in [4.78, 5) is 29.7. The number of imide groups is 1. The smallest absolute Gasteiger partial charge is 0.238 e. The summed E-state index contributed by atoms with van der Waals surface area (Å²) in [6.45, 7) is 4.83. The van der Waals surface area contributed by atoms with E-state index in [4.69, 9.17) is 4.74 Å². The van der Waals surface area contributed by atoms with E-state index in [1.807, 2.05) is 91.0 Å². The fourth-order valence-corrected chi connectivity index (χ4v) is 8.45. The number of anilines is 3. The summed E-state index contributed by atoms with van der Waals surface area (Å²) in [7, 11) is 0. The van der Waals surface area contributed by atoms with Crippen LogP contribution in [0.2, 0.25) is 0 Å². The second kappa shape index (κ2) is 13.7. The Bertz CT molecular complexity index is 2150. The Labute approximate surface area is 299 Å². The molecule has 0 radical (unpaired) electrons. The third-order valence-electron chi connectivity index (χ3n) is 10.9. The van der Waals surface area contributed by atoms with Crippen LogP contribution in [0, 0.1) is 23.7 Å². The molecular weight excluding hydrogens is 633 g/mol. The molecule has 2 aliphatic heterocycles. The van der Waals surface area contributed by atoms with Gasteiger partial charge in [-0.05, 0) is 95.3 Å². The van der Waals surface area contributed by atoms with Crippen molar-refractivity contribution in [1.29, 1.82) is 0 Å². The molecule has 0 saturated carbocycles. The van der Waals surface area contributed by atoms with E-state index in [-0.39, 0.29) is 41.4 Å². The number of carbonyl (C=O) groups excluding carboxylic acids is 2. The molecule has 2 heterocycles. The Kier molecular flexibility index (Phi) is 8.78. The second-order valence-corrected chi connectivity index (χ2v) is 14.2. The molecular formula is C45H42N2O4. The highest BCUT2D eigenvalue weighted by atomic mass is 16.5. The van der Waals surface area contributed by atoms with Gasteiger partial charge in [-0.25, -0.2) is 0 Å². The van der Waals surface area contributed by atoms with E-state index in [9.17, 15) is 14.7 Å². The zero-order valence-electron chi connectivity index (χ0n) is 29.0. The third-order valence-corrected chi connectivity index (χ3v) is 10.9. The van der Waals surface area contributed by atoms with Gasteiger partial charge in [0, 0.05) is 22.7 Å². The van der Waals surface area contributed by atoms with Gasteiger partial charge in [0.25, 0.3) is 0 Å². The number of rotatable bonds is 9. The number of carbonyl (C=O) groups is 2. The average Bonchev–Trinajstić information content (AvgIpc) is 3.69. The van der Waals surface area contributed by atoms with Crippen molar-refractivity contribution in [3.05, 3.63) is 144 Å². The number of fused-ring (bicyclic) bond motifs is 4. The number of para-hydroxylation sites is 1. The van der Waals surface area contributed by atoms with Crippen molar-refractivity contribution < 1.29 is 19.4 Å². The van der Waals surface area contributed by atoms with Crippen molar-refractivity contribution in [3.63, 3.8) is 0 Å². The maximum atomic E-state index is 14.2. The number of nitrogens with zero attached hydrogens (tertiary/aromatic N) is 1. The molecule has 5 aromatic carbocycles. The molecule has 0 bridgehead atoms. The van der Waals surface area contributed by atoms with E-state index in [1.165, 1.54) is 21.6 Å². The molecule has 2 amide bonds. The van der Waals surface area contributed by atoms with Crippen LogP contribution in [-0.2, 0) is 14.3 Å². The predicted octanol–water partition coefficient (Wildman–Crippen LogP) is 9.79. The van der Waals surface area contributed by atoms with Gasteiger partial charge in [-0.15, -0.1) is 0 Å². The molecule has 6 heteroatoms. The van der Waals surface area contributed by atoms with Crippen molar-refractivity contribution in [2.45, 2.75) is 39.2 Å². The fourth-order valence-electron chi connectivity index (χ4n) is 8.45. The highest BCUT2D eigenvalue weighted by Crippen LogP contribution is 2.52. The van der Waals surface area contributed by atoms with Gasteiger partial charge in [0.1, 0.15) is 5.75 Å². The van der Waals surface area contributed by atoms with Crippen molar-refractivity contribution in [3.8, 4) is 5.75 Å². The van der Waals surface area contributed by atoms with E-state index in [1.54, 1.807) is 6.07 Å². The minimum absolute atomic E-state index is 0.107. The molecule has 5 aromatic rings. The standard InChI is InChI=1S/C45H42N2O4/c1-28(2)37-26-38-43(45(50)47(44(38)49)34-21-19-33(20-22-34)46-32-13-7-4-8-14-32)39-27-51-41(42(37)39)24-18-30(29-11-5-3-6-12-29)25-31-17-23-40(48)36-16-10-9-15-35(31)36/h3-17,19-23,25,28,38-39,41,43,46,48H,18,24,26-27H2,1-2H3/b30-25-/t38-,39+,41-,43-/m1/s1. The number of benzene rings is 5. The highest BCUT2D eigenvalue weighted by molar-refractivity contribution is 6.22. The molecule has 6 nitrogen and oxygen atoms in total. The van der Waals surface area contributed by atoms with E-state index in [2.05, 4.69) is 49.5 Å². The van der Waals surface area contributed by atoms with Crippen LogP contribution in [0.5, 0.6) is 5.75 Å². The lowest BCUT2D eigenvalue weighted by molar-refractivity contribution is -0.122. The molecule has 3 aliphatic rings. The van der Waals surface area contributed by atoms with Gasteiger partial charge < -0.3 is 15.2 Å². The van der Waals surface area contributed by atoms with E-state index < -0.39 is 5.92 Å². The van der Waals surface area contributed by atoms with Crippen molar-refractivity contribution >= 4 is 51.3 Å². The number of nitrogens with one attached hydrogen (secondary N) is 1. The lowest BCUT2D eigenvalue weighted by Gasteiger charge is -2.33. The number of phenols is 1. The number of aromatic hydroxyl groups is 1. The zero-order chi connectivity index (χ0) is 35.1. The van der Waals surface area contributed by atoms with Crippen LogP contribution in [0.4, 0.5) is 17.1 Å². The molecule has 2 N–H and O–H groups in total. The van der Waals surface area contributed by atoms with Crippen LogP contribution < -0.4 is 10.2 Å². The topological polar surface area (TPSA) is 78.9 Å². The first-order chi connectivity index (χ1) is 24.9. The number of ether oxygens (including phenoxy) is 1. The molecule has 2 saturated heterocycles. The summed E-state index contributed by atoms with van der Waals surface area (Å²) in [6.07, 6.45) is 4.22. The van der Waals surface area contributed by atoms with Crippen LogP contribution in [-0.4, -0.2) is 29.6 Å². The van der Waals surface area contributed by atoms with Crippen molar-refractivity contribution in [1.82, 2.24) is 0 Å². The lowest BCUT2D eigenvalue weighted by Crippen LogP contribution is -2.35. The van der Waals surface area contributed by atoms with Gasteiger partial charge in [-0.3, -0.25) is 14.5 Å². The van der Waals surface area contributed by atoms with Gasteiger partial charge in [0.15, 0.2) is 0 Å². The lowest BCUT2D eigenvalue weighted by atomic mass is 9.67. The summed E-state index contributed by atoms with van der Waals surface area (Å²) in [5.74, 6) is -0.631. The van der Waals surface area contributed by atoms with Crippen LogP contribution in [0.25, 0.3) is 22.4 Å². The van der Waals surface area contributed by atoms with Gasteiger partial charge in [0.05, 0.1) is 30.2 Å².